The highest BCUT2D eigenvalue weighted by Crippen LogP contribution is 2.20. The molecule has 0 atom stereocenters. The van der Waals surface area contributed by atoms with Crippen molar-refractivity contribution in [3.63, 3.8) is 0 Å². The number of carbonyl (C=O) groups is 1. The van der Waals surface area contributed by atoms with Gasteiger partial charge in [0.1, 0.15) is 5.84 Å². The first-order valence-electron chi connectivity index (χ1n) is 6.41. The third kappa shape index (κ3) is 2.93. The molecule has 19 heavy (non-hydrogen) atoms. The Kier molecular flexibility index (Phi) is 4.16. The number of piperazine rings is 1. The van der Waals surface area contributed by atoms with Gasteiger partial charge in [0.15, 0.2) is 0 Å². The van der Waals surface area contributed by atoms with Crippen molar-refractivity contribution >= 4 is 11.7 Å². The molecule has 0 aromatic carbocycles. The van der Waals surface area contributed by atoms with Gasteiger partial charge >= 0.3 is 0 Å². The number of fused-ring (bicyclic) bond motifs is 1. The number of nitrogens with zero attached hydrogens (tertiary/aromatic N) is 3. The topological polar surface area (TPSA) is 47.9 Å². The molecule has 0 saturated carbocycles. The van der Waals surface area contributed by atoms with Crippen LogP contribution in [0.25, 0.3) is 0 Å². The fourth-order valence-corrected chi connectivity index (χ4v) is 2.31. The number of amides is 1. The summed E-state index contributed by atoms with van der Waals surface area (Å²) in [4.78, 5) is 20.4. The number of nitrogens with one attached hydrogen (secondary N) is 1. The number of likely N-dealkylation sites (N-methyl/N-ethyl adjacent to an activating group) is 1. The van der Waals surface area contributed by atoms with Crippen molar-refractivity contribution in [1.29, 1.82) is 0 Å². The van der Waals surface area contributed by atoms with Crippen molar-refractivity contribution in [2.75, 3.05) is 39.8 Å². The number of rotatable bonds is 4. The van der Waals surface area contributed by atoms with Crippen LogP contribution in [0.4, 0.5) is 0 Å². The van der Waals surface area contributed by atoms with Crippen LogP contribution in [0.1, 0.15) is 0 Å². The van der Waals surface area contributed by atoms with Gasteiger partial charge in [0, 0.05) is 26.7 Å². The minimum absolute atomic E-state index is 0.0381. The normalized spacial score (nSPS) is 19.6. The number of allylic oxidation sites excluding steroid dienone is 1. The maximum atomic E-state index is 11.4. The third-order valence-electron chi connectivity index (χ3n) is 3.44. The first-order valence-corrected chi connectivity index (χ1v) is 6.41. The first kappa shape index (κ1) is 13.5. The fraction of sp³-hybridized carbons (Fsp3) is 0.429. The van der Waals surface area contributed by atoms with E-state index >= 15 is 0 Å². The minimum Gasteiger partial charge on any atom is -0.358 e. The SMILES string of the molecule is C=CC1=C(C=C)N=C2CN(CC(=O)NC)CCN2C1. The predicted molar refractivity (Wildman–Crippen MR) is 76.9 cm³/mol. The van der Waals surface area contributed by atoms with Crippen molar-refractivity contribution in [2.45, 2.75) is 0 Å². The molecule has 1 N–H and O–H groups in total. The van der Waals surface area contributed by atoms with Crippen molar-refractivity contribution in [3.05, 3.63) is 36.6 Å². The number of carbonyl (C=O) groups excluding carboxylic acids is 1. The summed E-state index contributed by atoms with van der Waals surface area (Å²) in [5, 5.41) is 2.65. The van der Waals surface area contributed by atoms with E-state index < -0.39 is 0 Å². The molecule has 0 aromatic heterocycles. The van der Waals surface area contributed by atoms with Gasteiger partial charge < -0.3 is 10.2 Å². The highest BCUT2D eigenvalue weighted by molar-refractivity contribution is 5.88. The molecular formula is C14H20N4O. The molecule has 0 spiro atoms. The smallest absolute Gasteiger partial charge is 0.233 e. The van der Waals surface area contributed by atoms with E-state index in [-0.39, 0.29) is 5.91 Å². The van der Waals surface area contributed by atoms with Crippen LogP contribution >= 0.6 is 0 Å². The van der Waals surface area contributed by atoms with Crippen molar-refractivity contribution in [2.24, 2.45) is 4.99 Å². The molecule has 1 saturated heterocycles. The van der Waals surface area contributed by atoms with Gasteiger partial charge in [-0.3, -0.25) is 9.69 Å². The summed E-state index contributed by atoms with van der Waals surface area (Å²) in [5.41, 5.74) is 2.00. The van der Waals surface area contributed by atoms with E-state index in [0.29, 0.717) is 13.1 Å². The van der Waals surface area contributed by atoms with Crippen LogP contribution < -0.4 is 5.32 Å². The molecule has 5 heteroatoms. The maximum absolute atomic E-state index is 11.4. The second-order valence-electron chi connectivity index (χ2n) is 4.65. The van der Waals surface area contributed by atoms with E-state index in [1.54, 1.807) is 13.1 Å². The molecule has 0 aliphatic carbocycles. The molecule has 0 radical (unpaired) electrons. The van der Waals surface area contributed by atoms with E-state index in [0.717, 1.165) is 36.7 Å². The van der Waals surface area contributed by atoms with E-state index in [9.17, 15) is 4.79 Å². The highest BCUT2D eigenvalue weighted by atomic mass is 16.1. The zero-order valence-corrected chi connectivity index (χ0v) is 11.4. The fourth-order valence-electron chi connectivity index (χ4n) is 2.31. The van der Waals surface area contributed by atoms with Crippen molar-refractivity contribution < 1.29 is 4.79 Å². The van der Waals surface area contributed by atoms with Crippen molar-refractivity contribution in [1.82, 2.24) is 15.1 Å². The predicted octanol–water partition coefficient (Wildman–Crippen LogP) is 0.388. The molecule has 2 aliphatic rings. The number of hydrogen-bond donors (Lipinski definition) is 1. The molecule has 2 rings (SSSR count). The average Bonchev–Trinajstić information content (AvgIpc) is 2.45. The lowest BCUT2D eigenvalue weighted by Crippen LogP contribution is -2.53. The van der Waals surface area contributed by atoms with Gasteiger partial charge in [-0.1, -0.05) is 19.2 Å². The van der Waals surface area contributed by atoms with Gasteiger partial charge in [-0.15, -0.1) is 0 Å². The van der Waals surface area contributed by atoms with Gasteiger partial charge in [0.05, 0.1) is 18.8 Å². The van der Waals surface area contributed by atoms with Crippen molar-refractivity contribution in [3.8, 4) is 0 Å². The van der Waals surface area contributed by atoms with Crippen LogP contribution in [0.2, 0.25) is 0 Å². The lowest BCUT2D eigenvalue weighted by atomic mass is 10.1. The van der Waals surface area contributed by atoms with Crippen LogP contribution in [-0.2, 0) is 4.79 Å². The Hall–Kier alpha value is -1.88. The van der Waals surface area contributed by atoms with Gasteiger partial charge in [0.2, 0.25) is 5.91 Å². The Balaban J connectivity index is 2.12. The van der Waals surface area contributed by atoms with E-state index in [4.69, 9.17) is 0 Å². The number of aliphatic imine (C=N–C) groups is 1. The number of amidine groups is 1. The van der Waals surface area contributed by atoms with Gasteiger partial charge in [0.25, 0.3) is 0 Å². The van der Waals surface area contributed by atoms with E-state index in [1.807, 2.05) is 6.08 Å². The molecule has 0 unspecified atom stereocenters. The summed E-state index contributed by atoms with van der Waals surface area (Å²) in [6.07, 6.45) is 3.60. The summed E-state index contributed by atoms with van der Waals surface area (Å²) in [6, 6.07) is 0. The molecule has 1 amide bonds. The summed E-state index contributed by atoms with van der Waals surface area (Å²) >= 11 is 0. The maximum Gasteiger partial charge on any atom is 0.233 e. The quantitative estimate of drug-likeness (QED) is 0.795. The highest BCUT2D eigenvalue weighted by Gasteiger charge is 2.26. The zero-order valence-electron chi connectivity index (χ0n) is 11.4. The zero-order chi connectivity index (χ0) is 13.8. The number of hydrogen-bond acceptors (Lipinski definition) is 4. The molecule has 0 bridgehead atoms. The summed E-state index contributed by atoms with van der Waals surface area (Å²) < 4.78 is 0. The molecule has 102 valence electrons. The van der Waals surface area contributed by atoms with Crippen LogP contribution in [0, 0.1) is 0 Å². The van der Waals surface area contributed by atoms with Crippen LogP contribution in [0.5, 0.6) is 0 Å². The lowest BCUT2D eigenvalue weighted by molar-refractivity contribution is -0.121. The van der Waals surface area contributed by atoms with Crippen LogP contribution in [-0.4, -0.2) is 61.3 Å². The molecule has 2 heterocycles. The van der Waals surface area contributed by atoms with Gasteiger partial charge in [-0.25, -0.2) is 4.99 Å². The van der Waals surface area contributed by atoms with Gasteiger partial charge in [-0.05, 0) is 11.6 Å². The van der Waals surface area contributed by atoms with Crippen LogP contribution in [0.15, 0.2) is 41.6 Å². The summed E-state index contributed by atoms with van der Waals surface area (Å²) in [6.45, 7) is 11.3. The van der Waals surface area contributed by atoms with E-state index in [2.05, 4.69) is 33.3 Å². The molecule has 2 aliphatic heterocycles. The molecule has 1 fully saturated rings. The Morgan fingerprint density at radius 2 is 2.16 bits per heavy atom. The standard InChI is InChI=1S/C14H20N4O/c1-4-11-8-18-7-6-17(10-14(19)15-3)9-13(18)16-12(11)5-2/h4-5H,1-2,6-10H2,3H3,(H,15,19). The lowest BCUT2D eigenvalue weighted by Gasteiger charge is -2.39. The second kappa shape index (κ2) is 5.84. The molecule has 0 aromatic rings. The Bertz CT molecular complexity index is 464. The van der Waals surface area contributed by atoms with E-state index in [1.165, 1.54) is 0 Å². The monoisotopic (exact) mass is 260 g/mol. The van der Waals surface area contributed by atoms with Gasteiger partial charge in [-0.2, -0.15) is 0 Å². The van der Waals surface area contributed by atoms with Crippen LogP contribution in [0.3, 0.4) is 0 Å². The Labute approximate surface area is 114 Å². The average molecular weight is 260 g/mol. The minimum atomic E-state index is 0.0381. The third-order valence-corrected chi connectivity index (χ3v) is 3.44. The summed E-state index contributed by atoms with van der Waals surface area (Å²) in [7, 11) is 1.66. The molecule has 5 nitrogen and oxygen atoms in total. The largest absolute Gasteiger partial charge is 0.358 e. The Morgan fingerprint density at radius 1 is 1.37 bits per heavy atom. The summed E-state index contributed by atoms with van der Waals surface area (Å²) in [5.74, 6) is 1.05. The first-order chi connectivity index (χ1) is 9.17. The Morgan fingerprint density at radius 3 is 2.79 bits per heavy atom. The molecular weight excluding hydrogens is 240 g/mol. The second-order valence-corrected chi connectivity index (χ2v) is 4.65.